The monoisotopic (exact) mass is 310 g/mol. The molecule has 1 aromatic heterocycles. The van der Waals surface area contributed by atoms with Crippen LogP contribution in [0.4, 0.5) is 0 Å². The van der Waals surface area contributed by atoms with Gasteiger partial charge >= 0.3 is 0 Å². The highest BCUT2D eigenvalue weighted by Gasteiger charge is 2.13. The number of hydrogen-bond donors (Lipinski definition) is 2. The van der Waals surface area contributed by atoms with E-state index in [1.807, 2.05) is 31.2 Å². The molecule has 0 aliphatic rings. The first-order valence-electron chi connectivity index (χ1n) is 6.19. The number of carbonyl (C=O) groups is 1. The number of amides is 1. The van der Waals surface area contributed by atoms with Crippen LogP contribution in [-0.4, -0.2) is 32.9 Å². The molecule has 1 heterocycles. The molecule has 0 spiro atoms. The van der Waals surface area contributed by atoms with Crippen LogP contribution < -0.4 is 5.32 Å². The third kappa shape index (κ3) is 4.54. The van der Waals surface area contributed by atoms with Gasteiger partial charge in [0.05, 0.1) is 5.25 Å². The molecule has 0 bridgehead atoms. The van der Waals surface area contributed by atoms with Gasteiger partial charge in [0.15, 0.2) is 0 Å². The van der Waals surface area contributed by atoms with Crippen LogP contribution in [0.5, 0.6) is 0 Å². The third-order valence-electron chi connectivity index (χ3n) is 2.62. The topological polar surface area (TPSA) is 70.7 Å². The molecular formula is C13H15ClN4OS. The van der Waals surface area contributed by atoms with Gasteiger partial charge in [0.1, 0.15) is 12.2 Å². The molecule has 0 saturated carbocycles. The molecule has 0 radical (unpaired) electrons. The lowest BCUT2D eigenvalue weighted by atomic mass is 10.3. The minimum atomic E-state index is -0.161. The van der Waals surface area contributed by atoms with Gasteiger partial charge in [-0.3, -0.25) is 9.89 Å². The van der Waals surface area contributed by atoms with Crippen molar-refractivity contribution in [2.24, 2.45) is 0 Å². The fourth-order valence-corrected chi connectivity index (χ4v) is 2.59. The van der Waals surface area contributed by atoms with E-state index in [2.05, 4.69) is 20.5 Å². The Morgan fingerprint density at radius 2 is 2.20 bits per heavy atom. The van der Waals surface area contributed by atoms with Crippen LogP contribution in [0.3, 0.4) is 0 Å². The lowest BCUT2D eigenvalue weighted by Gasteiger charge is -2.11. The number of thioether (sulfide) groups is 1. The van der Waals surface area contributed by atoms with Crippen LogP contribution in [0, 0.1) is 0 Å². The van der Waals surface area contributed by atoms with E-state index >= 15 is 0 Å². The predicted octanol–water partition coefficient (Wildman–Crippen LogP) is 2.30. The lowest BCUT2D eigenvalue weighted by Crippen LogP contribution is -2.32. The van der Waals surface area contributed by atoms with Crippen molar-refractivity contribution in [2.45, 2.75) is 23.5 Å². The summed E-state index contributed by atoms with van der Waals surface area (Å²) in [4.78, 5) is 17.0. The van der Waals surface area contributed by atoms with Gasteiger partial charge in [0.25, 0.3) is 0 Å². The van der Waals surface area contributed by atoms with Crippen molar-refractivity contribution < 1.29 is 4.79 Å². The quantitative estimate of drug-likeness (QED) is 0.803. The van der Waals surface area contributed by atoms with Gasteiger partial charge in [-0.15, -0.1) is 11.8 Å². The summed E-state index contributed by atoms with van der Waals surface area (Å²) < 4.78 is 0. The van der Waals surface area contributed by atoms with Crippen LogP contribution in [0.25, 0.3) is 0 Å². The number of hydrogen-bond acceptors (Lipinski definition) is 4. The van der Waals surface area contributed by atoms with Crippen molar-refractivity contribution in [2.75, 3.05) is 6.54 Å². The Bertz CT molecular complexity index is 544. The van der Waals surface area contributed by atoms with Crippen molar-refractivity contribution in [1.82, 2.24) is 20.5 Å². The van der Waals surface area contributed by atoms with Gasteiger partial charge in [0, 0.05) is 22.9 Å². The molecule has 1 unspecified atom stereocenters. The van der Waals surface area contributed by atoms with Crippen LogP contribution in [-0.2, 0) is 11.2 Å². The van der Waals surface area contributed by atoms with Crippen molar-refractivity contribution >= 4 is 29.3 Å². The number of nitrogens with one attached hydrogen (secondary N) is 2. The van der Waals surface area contributed by atoms with E-state index in [0.717, 1.165) is 10.7 Å². The minimum Gasteiger partial charge on any atom is -0.355 e. The highest BCUT2D eigenvalue weighted by molar-refractivity contribution is 8.00. The first-order chi connectivity index (χ1) is 9.65. The number of halogens is 1. The minimum absolute atomic E-state index is 0.00413. The van der Waals surface area contributed by atoms with Gasteiger partial charge in [-0.25, -0.2) is 4.98 Å². The number of nitrogens with zero attached hydrogens (tertiary/aromatic N) is 2. The van der Waals surface area contributed by atoms with E-state index in [-0.39, 0.29) is 11.2 Å². The standard InChI is InChI=1S/C13H15ClN4OS/c1-9(20-11-4-2-10(14)3-5-11)13(19)15-7-6-12-16-8-17-18-12/h2-5,8-9H,6-7H2,1H3,(H,15,19)(H,16,17,18). The smallest absolute Gasteiger partial charge is 0.233 e. The lowest BCUT2D eigenvalue weighted by molar-refractivity contribution is -0.120. The van der Waals surface area contributed by atoms with Crippen molar-refractivity contribution in [3.05, 3.63) is 41.4 Å². The predicted molar refractivity (Wildman–Crippen MR) is 79.9 cm³/mol. The Balaban J connectivity index is 1.75. The molecule has 1 aromatic carbocycles. The summed E-state index contributed by atoms with van der Waals surface area (Å²) in [5.41, 5.74) is 0. The maximum atomic E-state index is 11.9. The van der Waals surface area contributed by atoms with E-state index in [9.17, 15) is 4.79 Å². The molecule has 1 amide bonds. The normalized spacial score (nSPS) is 12.1. The van der Waals surface area contributed by atoms with Gasteiger partial charge < -0.3 is 5.32 Å². The van der Waals surface area contributed by atoms with E-state index in [4.69, 9.17) is 11.6 Å². The largest absolute Gasteiger partial charge is 0.355 e. The number of aromatic amines is 1. The Labute approximate surface area is 126 Å². The second-order valence-electron chi connectivity index (χ2n) is 4.19. The summed E-state index contributed by atoms with van der Waals surface area (Å²) in [5, 5.41) is 9.92. The second kappa shape index (κ2) is 7.31. The summed E-state index contributed by atoms with van der Waals surface area (Å²) in [6.45, 7) is 2.42. The average Bonchev–Trinajstić information content (AvgIpc) is 2.94. The van der Waals surface area contributed by atoms with Gasteiger partial charge in [-0.05, 0) is 31.2 Å². The van der Waals surface area contributed by atoms with Crippen LogP contribution >= 0.6 is 23.4 Å². The maximum absolute atomic E-state index is 11.9. The molecule has 7 heteroatoms. The Morgan fingerprint density at radius 1 is 1.45 bits per heavy atom. The third-order valence-corrected chi connectivity index (χ3v) is 3.99. The fourth-order valence-electron chi connectivity index (χ4n) is 1.57. The molecule has 0 fully saturated rings. The molecule has 2 N–H and O–H groups in total. The number of H-pyrrole nitrogens is 1. The van der Waals surface area contributed by atoms with Gasteiger partial charge in [-0.2, -0.15) is 5.10 Å². The molecule has 1 atom stereocenters. The van der Waals surface area contributed by atoms with Crippen LogP contribution in [0.1, 0.15) is 12.7 Å². The zero-order valence-electron chi connectivity index (χ0n) is 11.0. The SMILES string of the molecule is CC(Sc1ccc(Cl)cc1)C(=O)NCCc1ncn[nH]1. The number of benzene rings is 1. The fraction of sp³-hybridized carbons (Fsp3) is 0.308. The van der Waals surface area contributed by atoms with Crippen molar-refractivity contribution in [3.63, 3.8) is 0 Å². The Hall–Kier alpha value is -1.53. The number of rotatable bonds is 6. The van der Waals surface area contributed by atoms with E-state index in [1.165, 1.54) is 18.1 Å². The summed E-state index contributed by atoms with van der Waals surface area (Å²) in [5.74, 6) is 0.771. The molecule has 2 rings (SSSR count). The zero-order valence-corrected chi connectivity index (χ0v) is 12.5. The van der Waals surface area contributed by atoms with Crippen molar-refractivity contribution in [3.8, 4) is 0 Å². The van der Waals surface area contributed by atoms with Crippen LogP contribution in [0.2, 0.25) is 5.02 Å². The van der Waals surface area contributed by atoms with Gasteiger partial charge in [0.2, 0.25) is 5.91 Å². The number of aromatic nitrogens is 3. The average molecular weight is 311 g/mol. The molecule has 20 heavy (non-hydrogen) atoms. The Kier molecular flexibility index (Phi) is 5.43. The summed E-state index contributed by atoms with van der Waals surface area (Å²) >= 11 is 7.33. The molecule has 0 saturated heterocycles. The van der Waals surface area contributed by atoms with E-state index < -0.39 is 0 Å². The first kappa shape index (κ1) is 14.9. The molecule has 0 aliphatic heterocycles. The summed E-state index contributed by atoms with van der Waals surface area (Å²) in [6.07, 6.45) is 2.10. The van der Waals surface area contributed by atoms with E-state index in [0.29, 0.717) is 18.0 Å². The maximum Gasteiger partial charge on any atom is 0.233 e. The zero-order chi connectivity index (χ0) is 14.4. The first-order valence-corrected chi connectivity index (χ1v) is 7.45. The number of carbonyl (C=O) groups excluding carboxylic acids is 1. The molecular weight excluding hydrogens is 296 g/mol. The summed E-state index contributed by atoms with van der Waals surface area (Å²) in [7, 11) is 0. The molecule has 5 nitrogen and oxygen atoms in total. The van der Waals surface area contributed by atoms with Gasteiger partial charge in [-0.1, -0.05) is 11.6 Å². The summed E-state index contributed by atoms with van der Waals surface area (Å²) in [6, 6.07) is 7.45. The second-order valence-corrected chi connectivity index (χ2v) is 6.04. The highest BCUT2D eigenvalue weighted by atomic mass is 35.5. The van der Waals surface area contributed by atoms with Crippen LogP contribution in [0.15, 0.2) is 35.5 Å². The molecule has 0 aliphatic carbocycles. The molecule has 2 aromatic rings. The van der Waals surface area contributed by atoms with Crippen molar-refractivity contribution in [1.29, 1.82) is 0 Å². The Morgan fingerprint density at radius 3 is 2.85 bits per heavy atom. The molecule has 106 valence electrons. The highest BCUT2D eigenvalue weighted by Crippen LogP contribution is 2.24. The van der Waals surface area contributed by atoms with E-state index in [1.54, 1.807) is 0 Å².